The lowest BCUT2D eigenvalue weighted by atomic mass is 9.70. The van der Waals surface area contributed by atoms with Crippen molar-refractivity contribution in [1.82, 2.24) is 0 Å². The molecular weight excluding hydrogens is 891 g/mol. The van der Waals surface area contributed by atoms with Gasteiger partial charge in [-0.1, -0.05) is 237 Å². The largest absolute Gasteiger partial charge is 0.309 e. The van der Waals surface area contributed by atoms with E-state index < -0.39 is 5.41 Å². The van der Waals surface area contributed by atoms with Crippen molar-refractivity contribution in [2.24, 2.45) is 0 Å². The van der Waals surface area contributed by atoms with Crippen molar-refractivity contribution in [3.8, 4) is 44.5 Å². The summed E-state index contributed by atoms with van der Waals surface area (Å²) >= 11 is 0. The van der Waals surface area contributed by atoms with Gasteiger partial charge < -0.3 is 4.90 Å². The molecule has 342 valence electrons. The van der Waals surface area contributed by atoms with Gasteiger partial charge in [-0.25, -0.2) is 0 Å². The Labute approximate surface area is 429 Å². The van der Waals surface area contributed by atoms with Gasteiger partial charge in [0.1, 0.15) is 0 Å². The third-order valence-electron chi connectivity index (χ3n) is 16.6. The molecule has 0 radical (unpaired) electrons. The van der Waals surface area contributed by atoms with Gasteiger partial charge >= 0.3 is 0 Å². The highest BCUT2D eigenvalue weighted by molar-refractivity contribution is 6.26. The van der Waals surface area contributed by atoms with E-state index in [4.69, 9.17) is 0 Å². The molecule has 1 spiro atoms. The van der Waals surface area contributed by atoms with Crippen LogP contribution in [0.4, 0.5) is 17.1 Å². The van der Waals surface area contributed by atoms with Gasteiger partial charge in [0.25, 0.3) is 0 Å². The number of hydrogen-bond donors (Lipinski definition) is 0. The van der Waals surface area contributed by atoms with Crippen molar-refractivity contribution in [2.45, 2.75) is 5.41 Å². The number of hydrogen-bond acceptors (Lipinski definition) is 1. The molecule has 0 fully saturated rings. The zero-order valence-corrected chi connectivity index (χ0v) is 40.4. The van der Waals surface area contributed by atoms with E-state index in [0.717, 1.165) is 22.6 Å². The molecule has 1 nitrogen and oxygen atoms in total. The van der Waals surface area contributed by atoms with Gasteiger partial charge in [-0.2, -0.15) is 0 Å². The third-order valence-corrected chi connectivity index (χ3v) is 16.6. The van der Waals surface area contributed by atoms with Crippen LogP contribution in [0.15, 0.2) is 273 Å². The summed E-state index contributed by atoms with van der Waals surface area (Å²) in [6, 6.07) is 103. The molecule has 14 aromatic rings. The molecule has 0 amide bonds. The molecule has 16 rings (SSSR count). The average molecular weight is 936 g/mol. The van der Waals surface area contributed by atoms with E-state index >= 15 is 0 Å². The van der Waals surface area contributed by atoms with Gasteiger partial charge in [0.05, 0.1) is 16.8 Å². The van der Waals surface area contributed by atoms with Gasteiger partial charge in [-0.15, -0.1) is 0 Å². The molecule has 2 aliphatic carbocycles. The van der Waals surface area contributed by atoms with Crippen LogP contribution in [0.3, 0.4) is 0 Å². The highest BCUT2D eigenvalue weighted by Gasteiger charge is 2.52. The highest BCUT2D eigenvalue weighted by atomic mass is 15.1. The molecule has 0 saturated heterocycles. The van der Waals surface area contributed by atoms with E-state index in [9.17, 15) is 0 Å². The fourth-order valence-corrected chi connectivity index (χ4v) is 13.4. The second kappa shape index (κ2) is 15.7. The van der Waals surface area contributed by atoms with E-state index in [0.29, 0.717) is 0 Å². The summed E-state index contributed by atoms with van der Waals surface area (Å²) in [5, 5.41) is 15.0. The van der Waals surface area contributed by atoms with Gasteiger partial charge in [0.2, 0.25) is 0 Å². The first-order valence-corrected chi connectivity index (χ1v) is 25.8. The first kappa shape index (κ1) is 41.1. The predicted molar refractivity (Wildman–Crippen MR) is 313 cm³/mol. The Morgan fingerprint density at radius 1 is 0.216 bits per heavy atom. The molecule has 0 aromatic heterocycles. The van der Waals surface area contributed by atoms with Gasteiger partial charge in [0.15, 0.2) is 0 Å². The van der Waals surface area contributed by atoms with Crippen LogP contribution in [0.1, 0.15) is 22.3 Å². The smallest absolute Gasteiger partial charge is 0.0726 e. The van der Waals surface area contributed by atoms with Crippen LogP contribution in [0, 0.1) is 0 Å². The maximum Gasteiger partial charge on any atom is 0.0726 e. The maximum atomic E-state index is 2.58. The topological polar surface area (TPSA) is 3.24 Å². The number of rotatable bonds is 5. The lowest BCUT2D eigenvalue weighted by molar-refractivity contribution is 0.794. The van der Waals surface area contributed by atoms with Crippen LogP contribution in [0.5, 0.6) is 0 Å². The summed E-state index contributed by atoms with van der Waals surface area (Å²) in [5.74, 6) is 0. The summed E-state index contributed by atoms with van der Waals surface area (Å²) in [6.45, 7) is 0. The molecule has 0 saturated carbocycles. The van der Waals surface area contributed by atoms with Crippen LogP contribution in [0.25, 0.3) is 109 Å². The Kier molecular flexibility index (Phi) is 8.73. The molecule has 74 heavy (non-hydrogen) atoms. The number of fused-ring (bicyclic) bond motifs is 20. The van der Waals surface area contributed by atoms with Crippen LogP contribution in [-0.4, -0.2) is 0 Å². The van der Waals surface area contributed by atoms with Crippen LogP contribution in [0.2, 0.25) is 0 Å². The molecule has 0 heterocycles. The molecule has 0 unspecified atom stereocenters. The molecule has 14 aromatic carbocycles. The Bertz CT molecular complexity index is 4590. The molecule has 0 aliphatic heterocycles. The molecule has 0 bridgehead atoms. The highest BCUT2D eigenvalue weighted by Crippen LogP contribution is 2.64. The van der Waals surface area contributed by atoms with Gasteiger partial charge in [-0.3, -0.25) is 0 Å². The maximum absolute atomic E-state index is 2.58. The lowest BCUT2D eigenvalue weighted by Crippen LogP contribution is -2.26. The SMILES string of the molecule is c1ccc2c(c1)-c1ccccc1C21c2ccccc2-c2cc(-c3ccc(-c4ccc5ccc6ccccc6c5c4)cc3)c(N(c3ccc4c5ccccc5c5ccccc5c4c3)c3cccc4ccccc34)cc21. The molecule has 0 atom stereocenters. The third kappa shape index (κ3) is 5.75. The first-order chi connectivity index (χ1) is 36.7. The van der Waals surface area contributed by atoms with E-state index in [1.165, 1.54) is 126 Å². The van der Waals surface area contributed by atoms with Gasteiger partial charge in [0, 0.05) is 16.6 Å². The number of benzene rings is 14. The zero-order chi connectivity index (χ0) is 48.5. The molecule has 1 heteroatoms. The van der Waals surface area contributed by atoms with Crippen LogP contribution >= 0.6 is 0 Å². The van der Waals surface area contributed by atoms with Crippen molar-refractivity contribution in [3.05, 3.63) is 295 Å². The Morgan fingerprint density at radius 2 is 0.676 bits per heavy atom. The summed E-state index contributed by atoms with van der Waals surface area (Å²) in [5.41, 5.74) is 18.0. The lowest BCUT2D eigenvalue weighted by Gasteiger charge is -2.34. The summed E-state index contributed by atoms with van der Waals surface area (Å²) < 4.78 is 0. The average Bonchev–Trinajstić information content (AvgIpc) is 3.99. The Hall–Kier alpha value is -9.56. The quantitative estimate of drug-likeness (QED) is 0.155. The van der Waals surface area contributed by atoms with Crippen molar-refractivity contribution in [1.29, 1.82) is 0 Å². The predicted octanol–water partition coefficient (Wildman–Crippen LogP) is 19.8. The Morgan fingerprint density at radius 3 is 1.32 bits per heavy atom. The summed E-state index contributed by atoms with van der Waals surface area (Å²) in [7, 11) is 0. The Balaban J connectivity index is 1.00. The monoisotopic (exact) mass is 935 g/mol. The van der Waals surface area contributed by atoms with Crippen molar-refractivity contribution in [3.63, 3.8) is 0 Å². The minimum absolute atomic E-state index is 0.528. The standard InChI is InChI=1S/C73H45N/c1-3-19-53-48(17-1)36-37-49-38-39-51(42-63(49)53)46-32-34-50(35-33-46)64-44-66-62-27-11-14-30-69(62)73(67-28-12-9-25-60(67)61-26-10-13-29-68(61)73)70(66)45-72(64)74(71-31-15-18-47-16-2-4-20-54(47)71)52-40-41-59-57-23-6-5-21-55(57)56-22-7-8-24-58(56)65(59)43-52/h1-45H. The van der Waals surface area contributed by atoms with E-state index in [1.807, 2.05) is 0 Å². The molecule has 0 N–H and O–H groups in total. The van der Waals surface area contributed by atoms with Gasteiger partial charge in [-0.05, 0) is 157 Å². The van der Waals surface area contributed by atoms with Crippen LogP contribution in [-0.2, 0) is 5.41 Å². The normalized spacial score (nSPS) is 13.0. The fourth-order valence-electron chi connectivity index (χ4n) is 13.4. The fraction of sp³-hybridized carbons (Fsp3) is 0.0137. The number of anilines is 3. The van der Waals surface area contributed by atoms with Crippen LogP contribution < -0.4 is 4.90 Å². The zero-order valence-electron chi connectivity index (χ0n) is 40.4. The minimum Gasteiger partial charge on any atom is -0.309 e. The van der Waals surface area contributed by atoms with E-state index in [2.05, 4.69) is 278 Å². The van der Waals surface area contributed by atoms with E-state index in [-0.39, 0.29) is 0 Å². The second-order valence-corrected chi connectivity index (χ2v) is 20.3. The van der Waals surface area contributed by atoms with Crippen molar-refractivity contribution >= 4 is 81.7 Å². The summed E-state index contributed by atoms with van der Waals surface area (Å²) in [4.78, 5) is 2.58. The number of nitrogens with zero attached hydrogens (tertiary/aromatic N) is 1. The summed E-state index contributed by atoms with van der Waals surface area (Å²) in [6.07, 6.45) is 0. The minimum atomic E-state index is -0.528. The van der Waals surface area contributed by atoms with Crippen molar-refractivity contribution < 1.29 is 0 Å². The van der Waals surface area contributed by atoms with Crippen molar-refractivity contribution in [2.75, 3.05) is 4.90 Å². The first-order valence-electron chi connectivity index (χ1n) is 25.8. The molecular formula is C73H45N. The van der Waals surface area contributed by atoms with E-state index in [1.54, 1.807) is 0 Å². The second-order valence-electron chi connectivity index (χ2n) is 20.3. The molecule has 2 aliphatic rings.